The molecule has 1 aromatic rings. The van der Waals surface area contributed by atoms with Gasteiger partial charge < -0.3 is 15.2 Å². The number of guanidine groups is 1. The third-order valence-corrected chi connectivity index (χ3v) is 2.53. The summed E-state index contributed by atoms with van der Waals surface area (Å²) >= 11 is 3.43. The molecule has 0 aliphatic carbocycles. The van der Waals surface area contributed by atoms with Crippen LogP contribution in [0.15, 0.2) is 21.7 Å². The number of rotatable bonds is 2. The van der Waals surface area contributed by atoms with Gasteiger partial charge in [0, 0.05) is 37.5 Å². The number of nitrogens with two attached hydrogens (primary N) is 1. The molecule has 4 nitrogen and oxygen atoms in total. The van der Waals surface area contributed by atoms with Gasteiger partial charge in [-0.05, 0) is 22.0 Å². The van der Waals surface area contributed by atoms with Gasteiger partial charge in [-0.15, -0.1) is 0 Å². The Morgan fingerprint density at radius 2 is 2.36 bits per heavy atom. The maximum atomic E-state index is 5.68. The van der Waals surface area contributed by atoms with Crippen LogP contribution in [0.5, 0.6) is 0 Å². The minimum atomic E-state index is 0.544. The monoisotopic (exact) mass is 258 g/mol. The summed E-state index contributed by atoms with van der Waals surface area (Å²) in [4.78, 5) is 5.82. The molecule has 78 valence electrons. The molecule has 1 aromatic heterocycles. The molecule has 1 rings (SSSR count). The Morgan fingerprint density at radius 1 is 1.71 bits per heavy atom. The minimum absolute atomic E-state index is 0.544. The highest BCUT2D eigenvalue weighted by Crippen LogP contribution is 2.14. The molecule has 0 unspecified atom stereocenters. The fraction of sp³-hybridized carbons (Fsp3) is 0.444. The van der Waals surface area contributed by atoms with Crippen LogP contribution >= 0.6 is 15.9 Å². The molecule has 0 saturated heterocycles. The van der Waals surface area contributed by atoms with Crippen molar-refractivity contribution in [2.24, 2.45) is 17.8 Å². The Bertz CT molecular complexity index is 343. The van der Waals surface area contributed by atoms with Crippen molar-refractivity contribution >= 4 is 21.9 Å². The molecule has 0 radical (unpaired) electrons. The Labute approximate surface area is 92.5 Å². The van der Waals surface area contributed by atoms with Crippen LogP contribution in [-0.2, 0) is 13.6 Å². The second-order valence-electron chi connectivity index (χ2n) is 3.20. The van der Waals surface area contributed by atoms with Crippen LogP contribution in [0, 0.1) is 0 Å². The summed E-state index contributed by atoms with van der Waals surface area (Å²) in [5.74, 6) is 0.544. The summed E-state index contributed by atoms with van der Waals surface area (Å²) in [5.41, 5.74) is 6.86. The fourth-order valence-electron chi connectivity index (χ4n) is 1.22. The standard InChI is InChI=1S/C9H15BrN4/c1-12-9(11)14(3)6-8-4-7(10)5-13(8)2/h4-5H,6H2,1-3H3,(H2,11,12). The van der Waals surface area contributed by atoms with E-state index in [0.29, 0.717) is 5.96 Å². The van der Waals surface area contributed by atoms with E-state index in [0.717, 1.165) is 11.0 Å². The number of aryl methyl sites for hydroxylation is 1. The number of aliphatic imine (C=N–C) groups is 1. The lowest BCUT2D eigenvalue weighted by atomic mass is 10.4. The molecule has 0 aliphatic rings. The molecule has 5 heteroatoms. The highest BCUT2D eigenvalue weighted by atomic mass is 79.9. The average Bonchev–Trinajstić information content (AvgIpc) is 2.44. The molecular formula is C9H15BrN4. The van der Waals surface area contributed by atoms with E-state index in [1.165, 1.54) is 5.69 Å². The van der Waals surface area contributed by atoms with Gasteiger partial charge in [-0.25, -0.2) is 0 Å². The van der Waals surface area contributed by atoms with Crippen LogP contribution in [0.1, 0.15) is 5.69 Å². The van der Waals surface area contributed by atoms with Crippen molar-refractivity contribution in [1.29, 1.82) is 0 Å². The SMILES string of the molecule is CN=C(N)N(C)Cc1cc(Br)cn1C. The van der Waals surface area contributed by atoms with Crippen molar-refractivity contribution in [1.82, 2.24) is 9.47 Å². The van der Waals surface area contributed by atoms with Gasteiger partial charge >= 0.3 is 0 Å². The molecule has 0 atom stereocenters. The molecule has 0 fully saturated rings. The first kappa shape index (κ1) is 11.1. The maximum Gasteiger partial charge on any atom is 0.191 e. The first-order chi connectivity index (χ1) is 6.54. The van der Waals surface area contributed by atoms with E-state index in [9.17, 15) is 0 Å². The van der Waals surface area contributed by atoms with E-state index in [2.05, 4.69) is 31.6 Å². The Morgan fingerprint density at radius 3 is 2.79 bits per heavy atom. The van der Waals surface area contributed by atoms with Gasteiger partial charge in [-0.1, -0.05) is 0 Å². The number of nitrogens with zero attached hydrogens (tertiary/aromatic N) is 3. The van der Waals surface area contributed by atoms with Gasteiger partial charge in [0.25, 0.3) is 0 Å². The summed E-state index contributed by atoms with van der Waals surface area (Å²) in [5, 5.41) is 0. The zero-order valence-electron chi connectivity index (χ0n) is 8.66. The van der Waals surface area contributed by atoms with Crippen molar-refractivity contribution in [2.45, 2.75) is 6.54 Å². The smallest absolute Gasteiger partial charge is 0.191 e. The molecule has 0 spiro atoms. The van der Waals surface area contributed by atoms with Gasteiger partial charge in [0.05, 0.1) is 6.54 Å². The molecule has 14 heavy (non-hydrogen) atoms. The second-order valence-corrected chi connectivity index (χ2v) is 4.11. The lowest BCUT2D eigenvalue weighted by Gasteiger charge is -2.17. The predicted molar refractivity (Wildman–Crippen MR) is 62.1 cm³/mol. The van der Waals surface area contributed by atoms with Crippen molar-refractivity contribution in [3.63, 3.8) is 0 Å². The van der Waals surface area contributed by atoms with Gasteiger partial charge in [-0.3, -0.25) is 4.99 Å². The topological polar surface area (TPSA) is 46.5 Å². The minimum Gasteiger partial charge on any atom is -0.370 e. The second kappa shape index (κ2) is 4.50. The molecule has 0 bridgehead atoms. The van der Waals surface area contributed by atoms with E-state index in [1.807, 2.05) is 25.2 Å². The molecular weight excluding hydrogens is 244 g/mol. The largest absolute Gasteiger partial charge is 0.370 e. The van der Waals surface area contributed by atoms with E-state index < -0.39 is 0 Å². The van der Waals surface area contributed by atoms with Crippen LogP contribution in [0.2, 0.25) is 0 Å². The zero-order chi connectivity index (χ0) is 10.7. The summed E-state index contributed by atoms with van der Waals surface area (Å²) in [6.07, 6.45) is 2.02. The predicted octanol–water partition coefficient (Wildman–Crippen LogP) is 1.16. The third kappa shape index (κ3) is 2.51. The maximum absolute atomic E-state index is 5.68. The first-order valence-corrected chi connectivity index (χ1v) is 5.08. The molecule has 2 N–H and O–H groups in total. The number of halogens is 1. The van der Waals surface area contributed by atoms with Crippen LogP contribution in [-0.4, -0.2) is 29.5 Å². The third-order valence-electron chi connectivity index (χ3n) is 2.09. The van der Waals surface area contributed by atoms with E-state index in [-0.39, 0.29) is 0 Å². The number of hydrogen-bond acceptors (Lipinski definition) is 1. The molecule has 1 heterocycles. The van der Waals surface area contributed by atoms with Crippen molar-refractivity contribution in [3.05, 3.63) is 22.4 Å². The first-order valence-electron chi connectivity index (χ1n) is 4.28. The van der Waals surface area contributed by atoms with Crippen LogP contribution < -0.4 is 5.73 Å². The molecule has 0 aromatic carbocycles. The van der Waals surface area contributed by atoms with Gasteiger partial charge in [-0.2, -0.15) is 0 Å². The van der Waals surface area contributed by atoms with Crippen LogP contribution in [0.4, 0.5) is 0 Å². The van der Waals surface area contributed by atoms with Gasteiger partial charge in [0.2, 0.25) is 0 Å². The van der Waals surface area contributed by atoms with E-state index in [1.54, 1.807) is 7.05 Å². The van der Waals surface area contributed by atoms with E-state index in [4.69, 9.17) is 5.73 Å². The Hall–Kier alpha value is -0.970. The normalized spacial score (nSPS) is 11.9. The lowest BCUT2D eigenvalue weighted by molar-refractivity contribution is 0.477. The fourth-order valence-corrected chi connectivity index (χ4v) is 1.79. The average molecular weight is 259 g/mol. The van der Waals surface area contributed by atoms with Gasteiger partial charge in [0.1, 0.15) is 0 Å². The Balaban J connectivity index is 2.74. The lowest BCUT2D eigenvalue weighted by Crippen LogP contribution is -2.33. The quantitative estimate of drug-likeness (QED) is 0.640. The van der Waals surface area contributed by atoms with E-state index >= 15 is 0 Å². The van der Waals surface area contributed by atoms with Crippen LogP contribution in [0.3, 0.4) is 0 Å². The van der Waals surface area contributed by atoms with Crippen LogP contribution in [0.25, 0.3) is 0 Å². The number of aromatic nitrogens is 1. The Kier molecular flexibility index (Phi) is 3.57. The van der Waals surface area contributed by atoms with Crippen molar-refractivity contribution in [3.8, 4) is 0 Å². The zero-order valence-corrected chi connectivity index (χ0v) is 10.2. The molecule has 0 aliphatic heterocycles. The number of hydrogen-bond donors (Lipinski definition) is 1. The molecule has 0 amide bonds. The van der Waals surface area contributed by atoms with Gasteiger partial charge in [0.15, 0.2) is 5.96 Å². The summed E-state index contributed by atoms with van der Waals surface area (Å²) in [7, 11) is 5.61. The summed E-state index contributed by atoms with van der Waals surface area (Å²) in [6, 6.07) is 2.07. The van der Waals surface area contributed by atoms with Crippen molar-refractivity contribution in [2.75, 3.05) is 14.1 Å². The van der Waals surface area contributed by atoms with Crippen molar-refractivity contribution < 1.29 is 0 Å². The highest BCUT2D eigenvalue weighted by molar-refractivity contribution is 9.10. The molecule has 0 saturated carbocycles. The summed E-state index contributed by atoms with van der Waals surface area (Å²) < 4.78 is 3.14. The highest BCUT2D eigenvalue weighted by Gasteiger charge is 2.06. The summed E-state index contributed by atoms with van der Waals surface area (Å²) in [6.45, 7) is 0.755.